The van der Waals surface area contributed by atoms with Gasteiger partial charge >= 0.3 is 0 Å². The lowest BCUT2D eigenvalue weighted by molar-refractivity contribution is 0.417. The van der Waals surface area contributed by atoms with Crippen molar-refractivity contribution in [3.05, 3.63) is 65.2 Å². The molecule has 3 aromatic rings. The van der Waals surface area contributed by atoms with Gasteiger partial charge in [0.15, 0.2) is 0 Å². The number of thiazole rings is 1. The molecule has 1 aliphatic rings. The predicted molar refractivity (Wildman–Crippen MR) is 109 cm³/mol. The smallest absolute Gasteiger partial charge is 0.0811 e. The molecule has 0 radical (unpaired) electrons. The highest BCUT2D eigenvalue weighted by molar-refractivity contribution is 7.07. The zero-order valence-corrected chi connectivity index (χ0v) is 15.7. The minimum atomic E-state index is 0.622. The Morgan fingerprint density at radius 3 is 2.65 bits per heavy atom. The minimum Gasteiger partial charge on any atom is -0.371 e. The maximum Gasteiger partial charge on any atom is 0.0811 e. The largest absolute Gasteiger partial charge is 0.371 e. The van der Waals surface area contributed by atoms with Crippen LogP contribution in [0.1, 0.15) is 18.4 Å². The van der Waals surface area contributed by atoms with Gasteiger partial charge in [0.1, 0.15) is 0 Å². The van der Waals surface area contributed by atoms with Gasteiger partial charge in [-0.1, -0.05) is 18.2 Å². The lowest BCUT2D eigenvalue weighted by atomic mass is 10.0. The molecule has 3 heterocycles. The van der Waals surface area contributed by atoms with Gasteiger partial charge in [-0.05, 0) is 49.6 Å². The molecule has 4 rings (SSSR count). The van der Waals surface area contributed by atoms with E-state index in [1.807, 2.05) is 24.0 Å². The maximum atomic E-state index is 4.38. The number of piperidine rings is 1. The van der Waals surface area contributed by atoms with Gasteiger partial charge in [0.05, 0.1) is 11.2 Å². The van der Waals surface area contributed by atoms with Crippen molar-refractivity contribution in [1.29, 1.82) is 0 Å². The normalized spacial score (nSPS) is 15.3. The molecule has 1 aromatic carbocycles. The van der Waals surface area contributed by atoms with Crippen molar-refractivity contribution in [2.24, 2.45) is 0 Å². The van der Waals surface area contributed by atoms with Gasteiger partial charge in [-0.25, -0.2) is 4.98 Å². The molecular formula is C21H24N4S. The Labute approximate surface area is 158 Å². The molecule has 4 nitrogen and oxygen atoms in total. The number of hydrogen-bond donors (Lipinski definition) is 1. The van der Waals surface area contributed by atoms with E-state index in [9.17, 15) is 0 Å². The summed E-state index contributed by atoms with van der Waals surface area (Å²) >= 11 is 1.64. The summed E-state index contributed by atoms with van der Waals surface area (Å²) in [6.45, 7) is 3.25. The van der Waals surface area contributed by atoms with Crippen molar-refractivity contribution in [1.82, 2.24) is 15.3 Å². The molecule has 0 bridgehead atoms. The average Bonchev–Trinajstić information content (AvgIpc) is 3.24. The Bertz CT molecular complexity index is 779. The molecule has 2 aromatic heterocycles. The summed E-state index contributed by atoms with van der Waals surface area (Å²) in [6, 6.07) is 13.6. The number of anilines is 1. The van der Waals surface area contributed by atoms with E-state index in [4.69, 9.17) is 0 Å². The summed E-state index contributed by atoms with van der Waals surface area (Å²) in [7, 11) is 0. The molecule has 134 valence electrons. The van der Waals surface area contributed by atoms with Gasteiger partial charge in [-0.3, -0.25) is 4.98 Å². The number of benzene rings is 1. The highest BCUT2D eigenvalue weighted by Crippen LogP contribution is 2.25. The fourth-order valence-corrected chi connectivity index (χ4v) is 4.07. The fraction of sp³-hybridized carbons (Fsp3) is 0.333. The van der Waals surface area contributed by atoms with Gasteiger partial charge in [0.25, 0.3) is 0 Å². The third-order valence-corrected chi connectivity index (χ3v) is 5.61. The molecule has 0 aliphatic carbocycles. The second-order valence-electron chi connectivity index (χ2n) is 6.75. The molecule has 1 fully saturated rings. The van der Waals surface area contributed by atoms with E-state index in [1.54, 1.807) is 11.3 Å². The molecule has 1 saturated heterocycles. The van der Waals surface area contributed by atoms with Gasteiger partial charge < -0.3 is 10.2 Å². The first-order valence-corrected chi connectivity index (χ1v) is 10.2. The highest BCUT2D eigenvalue weighted by atomic mass is 32.1. The summed E-state index contributed by atoms with van der Waals surface area (Å²) in [6.07, 6.45) is 7.23. The lowest BCUT2D eigenvalue weighted by Crippen LogP contribution is -2.43. The Morgan fingerprint density at radius 1 is 1.12 bits per heavy atom. The first kappa shape index (κ1) is 17.2. The van der Waals surface area contributed by atoms with E-state index < -0.39 is 0 Å². The maximum absolute atomic E-state index is 4.38. The standard InChI is InChI=1S/C21H24N4S/c1-2-17(14-22-10-1)7-11-23-19-8-12-25(13-9-19)20-5-3-18(4-6-20)21-15-26-16-24-21/h1-6,10,14-16,19,23H,7-9,11-13H2. The molecule has 26 heavy (non-hydrogen) atoms. The molecule has 0 spiro atoms. The quantitative estimate of drug-likeness (QED) is 0.718. The zero-order chi connectivity index (χ0) is 17.6. The van der Waals surface area contributed by atoms with Crippen molar-refractivity contribution in [2.45, 2.75) is 25.3 Å². The molecule has 0 unspecified atom stereocenters. The Morgan fingerprint density at radius 2 is 1.96 bits per heavy atom. The average molecular weight is 365 g/mol. The van der Waals surface area contributed by atoms with Crippen LogP contribution in [-0.2, 0) is 6.42 Å². The van der Waals surface area contributed by atoms with Crippen LogP contribution in [0.15, 0.2) is 59.7 Å². The van der Waals surface area contributed by atoms with E-state index in [-0.39, 0.29) is 0 Å². The van der Waals surface area contributed by atoms with Crippen molar-refractivity contribution >= 4 is 17.0 Å². The first-order chi connectivity index (χ1) is 12.9. The SMILES string of the molecule is c1cncc(CCNC2CCN(c3ccc(-c4cscn4)cc3)CC2)c1. The Hall–Kier alpha value is -2.24. The molecular weight excluding hydrogens is 340 g/mol. The molecule has 0 saturated carbocycles. The van der Waals surface area contributed by atoms with Gasteiger partial charge in [-0.2, -0.15) is 0 Å². The van der Waals surface area contributed by atoms with Crippen LogP contribution < -0.4 is 10.2 Å². The molecule has 0 amide bonds. The van der Waals surface area contributed by atoms with E-state index in [0.717, 1.165) is 31.7 Å². The van der Waals surface area contributed by atoms with Crippen LogP contribution >= 0.6 is 11.3 Å². The summed E-state index contributed by atoms with van der Waals surface area (Å²) in [5.41, 5.74) is 6.77. The second-order valence-corrected chi connectivity index (χ2v) is 7.47. The van der Waals surface area contributed by atoms with Crippen LogP contribution in [0.25, 0.3) is 11.3 Å². The van der Waals surface area contributed by atoms with Crippen molar-refractivity contribution in [3.8, 4) is 11.3 Å². The number of nitrogens with zero attached hydrogens (tertiary/aromatic N) is 3. The van der Waals surface area contributed by atoms with Gasteiger partial charge in [0, 0.05) is 48.2 Å². The van der Waals surface area contributed by atoms with E-state index in [2.05, 4.69) is 55.9 Å². The van der Waals surface area contributed by atoms with E-state index >= 15 is 0 Å². The monoisotopic (exact) mass is 364 g/mol. The van der Waals surface area contributed by atoms with E-state index in [1.165, 1.54) is 29.7 Å². The summed E-state index contributed by atoms with van der Waals surface area (Å²) in [5, 5.41) is 5.80. The lowest BCUT2D eigenvalue weighted by Gasteiger charge is -2.34. The van der Waals surface area contributed by atoms with Crippen LogP contribution in [0.2, 0.25) is 0 Å². The van der Waals surface area contributed by atoms with Crippen molar-refractivity contribution < 1.29 is 0 Å². The van der Waals surface area contributed by atoms with Crippen LogP contribution in [0.3, 0.4) is 0 Å². The fourth-order valence-electron chi connectivity index (χ4n) is 3.51. The highest BCUT2D eigenvalue weighted by Gasteiger charge is 2.19. The Balaban J connectivity index is 1.24. The molecule has 0 atom stereocenters. The minimum absolute atomic E-state index is 0.622. The number of pyridine rings is 1. The predicted octanol–water partition coefficient (Wildman–Crippen LogP) is 4.01. The number of nitrogens with one attached hydrogen (secondary N) is 1. The summed E-state index contributed by atoms with van der Waals surface area (Å²) < 4.78 is 0. The van der Waals surface area contributed by atoms with Gasteiger partial charge in [0.2, 0.25) is 0 Å². The topological polar surface area (TPSA) is 41.1 Å². The van der Waals surface area contributed by atoms with Crippen LogP contribution in [0, 0.1) is 0 Å². The molecule has 1 N–H and O–H groups in total. The van der Waals surface area contributed by atoms with Crippen LogP contribution in [-0.4, -0.2) is 35.6 Å². The zero-order valence-electron chi connectivity index (χ0n) is 14.8. The summed E-state index contributed by atoms with van der Waals surface area (Å²) in [5.74, 6) is 0. The van der Waals surface area contributed by atoms with Crippen molar-refractivity contribution in [3.63, 3.8) is 0 Å². The summed E-state index contributed by atoms with van der Waals surface area (Å²) in [4.78, 5) is 11.1. The third-order valence-electron chi connectivity index (χ3n) is 5.02. The van der Waals surface area contributed by atoms with Crippen molar-refractivity contribution in [2.75, 3.05) is 24.5 Å². The first-order valence-electron chi connectivity index (χ1n) is 9.24. The molecule has 5 heteroatoms. The van der Waals surface area contributed by atoms with Crippen LogP contribution in [0.5, 0.6) is 0 Å². The van der Waals surface area contributed by atoms with Crippen LogP contribution in [0.4, 0.5) is 5.69 Å². The number of rotatable bonds is 6. The third kappa shape index (κ3) is 4.29. The number of hydrogen-bond acceptors (Lipinski definition) is 5. The molecule has 1 aliphatic heterocycles. The number of aromatic nitrogens is 2. The van der Waals surface area contributed by atoms with Gasteiger partial charge in [-0.15, -0.1) is 11.3 Å². The Kier molecular flexibility index (Phi) is 5.57. The van der Waals surface area contributed by atoms with E-state index in [0.29, 0.717) is 6.04 Å². The second kappa shape index (κ2) is 8.43.